The van der Waals surface area contributed by atoms with Crippen molar-refractivity contribution in [2.45, 2.75) is 51.3 Å². The molecule has 4 heteroatoms. The Bertz CT molecular complexity index is 573. The fourth-order valence-electron chi connectivity index (χ4n) is 3.85. The lowest BCUT2D eigenvalue weighted by atomic mass is 9.71. The Balaban J connectivity index is 1.86. The van der Waals surface area contributed by atoms with Gasteiger partial charge in [-0.25, -0.2) is 0 Å². The molecule has 1 heterocycles. The van der Waals surface area contributed by atoms with E-state index >= 15 is 0 Å². The summed E-state index contributed by atoms with van der Waals surface area (Å²) in [5.74, 6) is 1.56. The van der Waals surface area contributed by atoms with Crippen LogP contribution in [0, 0.1) is 11.3 Å². The third-order valence-electron chi connectivity index (χ3n) is 5.18. The number of thioether (sulfide) groups is 1. The molecule has 1 spiro atoms. The molecule has 1 aromatic carbocycles. The van der Waals surface area contributed by atoms with Crippen molar-refractivity contribution in [1.29, 1.82) is 0 Å². The van der Waals surface area contributed by atoms with Gasteiger partial charge in [0.2, 0.25) is 5.91 Å². The Kier molecular flexibility index (Phi) is 4.24. The zero-order chi connectivity index (χ0) is 16.0. The van der Waals surface area contributed by atoms with E-state index in [1.54, 1.807) is 0 Å². The predicted molar refractivity (Wildman–Crippen MR) is 95.5 cm³/mol. The molecule has 1 aromatic rings. The maximum Gasteiger partial charge on any atom is 0.238 e. The third-order valence-corrected chi connectivity index (χ3v) is 6.93. The van der Waals surface area contributed by atoms with Gasteiger partial charge in [-0.05, 0) is 55.2 Å². The zero-order valence-corrected chi connectivity index (χ0v) is 15.1. The number of hydrogen-bond acceptors (Lipinski definition) is 2. The van der Waals surface area contributed by atoms with Gasteiger partial charge in [-0.3, -0.25) is 9.69 Å². The van der Waals surface area contributed by atoms with E-state index in [1.807, 2.05) is 40.9 Å². The van der Waals surface area contributed by atoms with Gasteiger partial charge in [0.25, 0.3) is 0 Å². The summed E-state index contributed by atoms with van der Waals surface area (Å²) in [6.07, 6.45) is 4.55. The summed E-state index contributed by atoms with van der Waals surface area (Å²) < 4.78 is 0. The van der Waals surface area contributed by atoms with Crippen molar-refractivity contribution in [2.75, 3.05) is 10.7 Å². The molecular weight excluding hydrogens is 314 g/mol. The summed E-state index contributed by atoms with van der Waals surface area (Å²) in [5.41, 5.74) is 1.31. The molecular formula is C18H24ClNOS. The number of nitrogens with zero attached hydrogens (tertiary/aromatic N) is 1. The lowest BCUT2D eigenvalue weighted by molar-refractivity contribution is -0.116. The molecule has 0 aromatic heterocycles. The minimum atomic E-state index is -0.0521. The van der Waals surface area contributed by atoms with Crippen molar-refractivity contribution < 1.29 is 4.79 Å². The average molecular weight is 338 g/mol. The lowest BCUT2D eigenvalue weighted by Crippen LogP contribution is -2.48. The fraction of sp³-hybridized carbons (Fsp3) is 0.611. The molecule has 2 nitrogen and oxygen atoms in total. The van der Waals surface area contributed by atoms with E-state index in [4.69, 9.17) is 11.6 Å². The molecule has 1 aliphatic carbocycles. The van der Waals surface area contributed by atoms with Gasteiger partial charge in [-0.1, -0.05) is 38.4 Å². The van der Waals surface area contributed by atoms with E-state index in [9.17, 15) is 4.79 Å². The van der Waals surface area contributed by atoms with Crippen LogP contribution in [0.2, 0.25) is 5.02 Å². The van der Waals surface area contributed by atoms with E-state index in [0.29, 0.717) is 16.2 Å². The topological polar surface area (TPSA) is 20.3 Å². The predicted octanol–water partition coefficient (Wildman–Crippen LogP) is 5.35. The van der Waals surface area contributed by atoms with Crippen LogP contribution in [-0.2, 0) is 4.79 Å². The van der Waals surface area contributed by atoms with Crippen LogP contribution < -0.4 is 4.90 Å². The van der Waals surface area contributed by atoms with Crippen LogP contribution in [0.4, 0.5) is 5.69 Å². The maximum absolute atomic E-state index is 12.5. The van der Waals surface area contributed by atoms with E-state index in [1.165, 1.54) is 12.8 Å². The Morgan fingerprint density at radius 1 is 1.27 bits per heavy atom. The van der Waals surface area contributed by atoms with E-state index in [2.05, 4.69) is 20.8 Å². The molecule has 0 atom stereocenters. The number of halogens is 1. The number of hydrogen-bond donors (Lipinski definition) is 0. The molecule has 22 heavy (non-hydrogen) atoms. The van der Waals surface area contributed by atoms with Crippen molar-refractivity contribution in [1.82, 2.24) is 0 Å². The van der Waals surface area contributed by atoms with Gasteiger partial charge in [0.1, 0.15) is 0 Å². The van der Waals surface area contributed by atoms with Crippen LogP contribution in [-0.4, -0.2) is 16.5 Å². The minimum absolute atomic E-state index is 0.0521. The number of anilines is 1. The number of carbonyl (C=O) groups is 1. The van der Waals surface area contributed by atoms with Crippen LogP contribution in [0.15, 0.2) is 24.3 Å². The summed E-state index contributed by atoms with van der Waals surface area (Å²) in [7, 11) is 0. The van der Waals surface area contributed by atoms with Crippen LogP contribution in [0.1, 0.15) is 46.5 Å². The van der Waals surface area contributed by atoms with Crippen LogP contribution in [0.25, 0.3) is 0 Å². The van der Waals surface area contributed by atoms with Gasteiger partial charge >= 0.3 is 0 Å². The highest BCUT2D eigenvalue weighted by molar-refractivity contribution is 8.02. The molecule has 0 unspecified atom stereocenters. The van der Waals surface area contributed by atoms with E-state index in [-0.39, 0.29) is 10.8 Å². The van der Waals surface area contributed by atoms with Crippen molar-refractivity contribution in [2.24, 2.45) is 11.3 Å². The highest BCUT2D eigenvalue weighted by Crippen LogP contribution is 2.52. The van der Waals surface area contributed by atoms with Crippen molar-refractivity contribution in [3.63, 3.8) is 0 Å². The maximum atomic E-state index is 12.5. The fourth-order valence-corrected chi connectivity index (χ4v) is 5.42. The normalized spacial score (nSPS) is 29.4. The van der Waals surface area contributed by atoms with Gasteiger partial charge in [0.15, 0.2) is 0 Å². The standard InChI is InChI=1S/C18H24ClNOS/c1-17(2,3)13-7-9-18(10-8-13)20(16(21)12-22-18)15-6-4-5-14(19)11-15/h4-6,11,13H,7-10,12H2,1-3H3. The zero-order valence-electron chi connectivity index (χ0n) is 13.6. The number of benzene rings is 1. The molecule has 120 valence electrons. The van der Waals surface area contributed by atoms with Crippen molar-refractivity contribution >= 4 is 35.0 Å². The first-order chi connectivity index (χ1) is 10.3. The summed E-state index contributed by atoms with van der Waals surface area (Å²) in [6, 6.07) is 7.72. The van der Waals surface area contributed by atoms with E-state index < -0.39 is 0 Å². The largest absolute Gasteiger partial charge is 0.296 e. The van der Waals surface area contributed by atoms with Gasteiger partial charge in [0.05, 0.1) is 10.6 Å². The molecule has 0 bridgehead atoms. The summed E-state index contributed by atoms with van der Waals surface area (Å²) >= 11 is 7.97. The Morgan fingerprint density at radius 2 is 1.95 bits per heavy atom. The first kappa shape index (κ1) is 16.2. The van der Waals surface area contributed by atoms with Gasteiger partial charge in [-0.15, -0.1) is 11.8 Å². The number of carbonyl (C=O) groups excluding carboxylic acids is 1. The van der Waals surface area contributed by atoms with Crippen molar-refractivity contribution in [3.8, 4) is 0 Å². The highest BCUT2D eigenvalue weighted by Gasteiger charge is 2.49. The van der Waals surface area contributed by atoms with E-state index in [0.717, 1.165) is 24.4 Å². The average Bonchev–Trinajstić information content (AvgIpc) is 2.75. The molecule has 1 amide bonds. The highest BCUT2D eigenvalue weighted by atomic mass is 35.5. The SMILES string of the molecule is CC(C)(C)C1CCC2(CC1)SCC(=O)N2c1cccc(Cl)c1. The van der Waals surface area contributed by atoms with Crippen LogP contribution >= 0.6 is 23.4 Å². The second-order valence-corrected chi connectivity index (χ2v) is 9.36. The minimum Gasteiger partial charge on any atom is -0.296 e. The van der Waals surface area contributed by atoms with Gasteiger partial charge in [0, 0.05) is 10.7 Å². The molecule has 1 aliphatic heterocycles. The Labute approximate surface area is 142 Å². The monoisotopic (exact) mass is 337 g/mol. The molecule has 1 saturated carbocycles. The molecule has 3 rings (SSSR count). The first-order valence-corrected chi connectivity index (χ1v) is 9.41. The molecule has 1 saturated heterocycles. The molecule has 2 aliphatic rings. The summed E-state index contributed by atoms with van der Waals surface area (Å²) in [5, 5.41) is 0.695. The van der Waals surface area contributed by atoms with Crippen LogP contribution in [0.5, 0.6) is 0 Å². The molecule has 0 radical (unpaired) electrons. The quantitative estimate of drug-likeness (QED) is 0.688. The Hall–Kier alpha value is -0.670. The third kappa shape index (κ3) is 2.90. The van der Waals surface area contributed by atoms with Crippen LogP contribution in [0.3, 0.4) is 0 Å². The first-order valence-electron chi connectivity index (χ1n) is 8.04. The van der Waals surface area contributed by atoms with Gasteiger partial charge in [-0.2, -0.15) is 0 Å². The number of rotatable bonds is 1. The smallest absolute Gasteiger partial charge is 0.238 e. The second-order valence-electron chi connectivity index (χ2n) is 7.58. The lowest BCUT2D eigenvalue weighted by Gasteiger charge is -2.45. The molecule has 2 fully saturated rings. The van der Waals surface area contributed by atoms with Gasteiger partial charge < -0.3 is 0 Å². The van der Waals surface area contributed by atoms with Crippen molar-refractivity contribution in [3.05, 3.63) is 29.3 Å². The summed E-state index contributed by atoms with van der Waals surface area (Å²) in [4.78, 5) is 14.5. The summed E-state index contributed by atoms with van der Waals surface area (Å²) in [6.45, 7) is 6.99. The number of amides is 1. The second kappa shape index (κ2) is 5.76. The Morgan fingerprint density at radius 3 is 2.55 bits per heavy atom. The molecule has 0 N–H and O–H groups in total.